The topological polar surface area (TPSA) is 54.9 Å². The number of hydrogen-bond acceptors (Lipinski definition) is 3. The minimum atomic E-state index is -0.340. The van der Waals surface area contributed by atoms with Crippen LogP contribution in [-0.4, -0.2) is 15.3 Å². The van der Waals surface area contributed by atoms with Crippen LogP contribution in [0.5, 0.6) is 0 Å². The molecule has 1 rings (SSSR count). The lowest BCUT2D eigenvalue weighted by Gasteiger charge is -2.03. The third kappa shape index (κ3) is 5.58. The fraction of sp³-hybridized carbons (Fsp3) is 0.500. The molecule has 0 aliphatic carbocycles. The van der Waals surface area contributed by atoms with E-state index < -0.39 is 0 Å². The molecule has 0 aliphatic heterocycles. The predicted octanol–water partition coefficient (Wildman–Crippen LogP) is 1.97. The van der Waals surface area contributed by atoms with Gasteiger partial charge in [0.15, 0.2) is 0 Å². The minimum Gasteiger partial charge on any atom is -0.301 e. The molecular weight excluding hydrogens is 236 g/mol. The SMILES string of the molecule is C=CSCCCCCCn1ccc(=O)[nH]c1=O. The molecule has 0 aliphatic rings. The van der Waals surface area contributed by atoms with E-state index in [4.69, 9.17) is 0 Å². The maximum Gasteiger partial charge on any atom is 0.328 e. The quantitative estimate of drug-likeness (QED) is 0.722. The summed E-state index contributed by atoms with van der Waals surface area (Å²) in [6, 6.07) is 1.38. The molecule has 0 amide bonds. The van der Waals surface area contributed by atoms with Crippen LogP contribution < -0.4 is 11.2 Å². The van der Waals surface area contributed by atoms with Gasteiger partial charge in [-0.15, -0.1) is 11.8 Å². The number of aromatic nitrogens is 2. The Morgan fingerprint density at radius 2 is 2.06 bits per heavy atom. The molecule has 0 bridgehead atoms. The van der Waals surface area contributed by atoms with Gasteiger partial charge < -0.3 is 4.57 Å². The zero-order valence-electron chi connectivity index (χ0n) is 9.85. The first kappa shape index (κ1) is 13.8. The third-order valence-electron chi connectivity index (χ3n) is 2.43. The molecule has 1 aromatic heterocycles. The highest BCUT2D eigenvalue weighted by molar-refractivity contribution is 8.02. The van der Waals surface area contributed by atoms with Crippen LogP contribution in [0.2, 0.25) is 0 Å². The van der Waals surface area contributed by atoms with Crippen molar-refractivity contribution in [3.05, 3.63) is 45.1 Å². The Labute approximate surface area is 105 Å². The second-order valence-electron chi connectivity index (χ2n) is 3.76. The van der Waals surface area contributed by atoms with E-state index in [9.17, 15) is 9.59 Å². The van der Waals surface area contributed by atoms with E-state index in [0.29, 0.717) is 6.54 Å². The molecule has 5 heteroatoms. The summed E-state index contributed by atoms with van der Waals surface area (Å²) in [5, 5.41) is 1.86. The average Bonchev–Trinajstić information content (AvgIpc) is 2.30. The lowest BCUT2D eigenvalue weighted by atomic mass is 10.2. The van der Waals surface area contributed by atoms with Crippen molar-refractivity contribution in [1.82, 2.24) is 9.55 Å². The molecule has 0 unspecified atom stereocenters. The van der Waals surface area contributed by atoms with Gasteiger partial charge in [0, 0.05) is 18.8 Å². The van der Waals surface area contributed by atoms with Crippen LogP contribution in [0.1, 0.15) is 25.7 Å². The first-order chi connectivity index (χ1) is 8.24. The van der Waals surface area contributed by atoms with Gasteiger partial charge in [0.05, 0.1) is 0 Å². The average molecular weight is 254 g/mol. The van der Waals surface area contributed by atoms with Crippen LogP contribution in [0.25, 0.3) is 0 Å². The molecule has 0 saturated carbocycles. The standard InChI is InChI=1S/C12H18N2O2S/c1-2-17-10-6-4-3-5-8-14-9-7-11(15)13-12(14)16/h2,7,9H,1,3-6,8,10H2,(H,13,15,16). The molecule has 1 aromatic rings. The summed E-state index contributed by atoms with van der Waals surface area (Å²) in [7, 11) is 0. The number of unbranched alkanes of at least 4 members (excludes halogenated alkanes) is 3. The summed E-state index contributed by atoms with van der Waals surface area (Å²) in [5.74, 6) is 1.11. The van der Waals surface area contributed by atoms with E-state index in [1.165, 1.54) is 18.9 Å². The Morgan fingerprint density at radius 1 is 1.29 bits per heavy atom. The highest BCUT2D eigenvalue weighted by Crippen LogP contribution is 2.07. The number of thioether (sulfide) groups is 1. The first-order valence-corrected chi connectivity index (χ1v) is 6.81. The summed E-state index contributed by atoms with van der Waals surface area (Å²) in [4.78, 5) is 24.4. The van der Waals surface area contributed by atoms with Crippen molar-refractivity contribution in [1.29, 1.82) is 0 Å². The Bertz CT molecular complexity index is 450. The van der Waals surface area contributed by atoms with E-state index in [-0.39, 0.29) is 11.2 Å². The molecule has 4 nitrogen and oxygen atoms in total. The molecule has 0 saturated heterocycles. The molecule has 0 fully saturated rings. The van der Waals surface area contributed by atoms with Gasteiger partial charge >= 0.3 is 5.69 Å². The number of nitrogens with one attached hydrogen (secondary N) is 1. The lowest BCUT2D eigenvalue weighted by molar-refractivity contribution is 0.561. The van der Waals surface area contributed by atoms with Gasteiger partial charge in [0.2, 0.25) is 0 Å². The van der Waals surface area contributed by atoms with Crippen LogP contribution in [0.3, 0.4) is 0 Å². The summed E-state index contributed by atoms with van der Waals surface area (Å²) in [5.41, 5.74) is -0.660. The third-order valence-corrected chi connectivity index (χ3v) is 3.19. The number of nitrogens with zero attached hydrogens (tertiary/aromatic N) is 1. The Kier molecular flexibility index (Phi) is 6.47. The summed E-state index contributed by atoms with van der Waals surface area (Å²) in [6.45, 7) is 4.32. The maximum atomic E-state index is 11.3. The Balaban J connectivity index is 2.20. The maximum absolute atomic E-state index is 11.3. The van der Waals surface area contributed by atoms with Crippen molar-refractivity contribution >= 4 is 11.8 Å². The predicted molar refractivity (Wildman–Crippen MR) is 72.4 cm³/mol. The molecule has 17 heavy (non-hydrogen) atoms. The number of aromatic amines is 1. The second kappa shape index (κ2) is 7.95. The minimum absolute atomic E-state index is 0.320. The van der Waals surface area contributed by atoms with Crippen molar-refractivity contribution < 1.29 is 0 Å². The molecule has 94 valence electrons. The van der Waals surface area contributed by atoms with Gasteiger partial charge in [-0.05, 0) is 24.0 Å². The monoisotopic (exact) mass is 254 g/mol. The van der Waals surface area contributed by atoms with Crippen molar-refractivity contribution in [2.45, 2.75) is 32.2 Å². The molecule has 0 atom stereocenters. The van der Waals surface area contributed by atoms with Gasteiger partial charge in [-0.3, -0.25) is 9.78 Å². The summed E-state index contributed by atoms with van der Waals surface area (Å²) >= 11 is 1.74. The number of rotatable bonds is 8. The zero-order valence-corrected chi connectivity index (χ0v) is 10.7. The number of H-pyrrole nitrogens is 1. The smallest absolute Gasteiger partial charge is 0.301 e. The van der Waals surface area contributed by atoms with Crippen LogP contribution >= 0.6 is 11.8 Å². The fourth-order valence-corrected chi connectivity index (χ4v) is 2.06. The second-order valence-corrected chi connectivity index (χ2v) is 4.83. The molecule has 1 N–H and O–H groups in total. The fourth-order valence-electron chi connectivity index (χ4n) is 1.52. The van der Waals surface area contributed by atoms with E-state index in [1.807, 2.05) is 5.41 Å². The highest BCUT2D eigenvalue weighted by atomic mass is 32.2. The number of aryl methyl sites for hydroxylation is 1. The molecule has 0 spiro atoms. The van der Waals surface area contributed by atoms with Crippen molar-refractivity contribution in [3.63, 3.8) is 0 Å². The first-order valence-electron chi connectivity index (χ1n) is 5.76. The van der Waals surface area contributed by atoms with Crippen LogP contribution in [0.15, 0.2) is 33.8 Å². The lowest BCUT2D eigenvalue weighted by Crippen LogP contribution is -2.28. The highest BCUT2D eigenvalue weighted by Gasteiger charge is 1.96. The molecule has 0 aromatic carbocycles. The Morgan fingerprint density at radius 3 is 2.76 bits per heavy atom. The van der Waals surface area contributed by atoms with E-state index in [2.05, 4.69) is 11.6 Å². The van der Waals surface area contributed by atoms with E-state index in [1.54, 1.807) is 22.5 Å². The summed E-state index contributed by atoms with van der Waals surface area (Å²) in [6.07, 6.45) is 5.96. The van der Waals surface area contributed by atoms with Gasteiger partial charge in [-0.25, -0.2) is 4.79 Å². The van der Waals surface area contributed by atoms with Gasteiger partial charge in [0.25, 0.3) is 5.56 Å². The largest absolute Gasteiger partial charge is 0.328 e. The Hall–Kier alpha value is -1.23. The molecular formula is C12H18N2O2S. The zero-order chi connectivity index (χ0) is 12.5. The van der Waals surface area contributed by atoms with Crippen LogP contribution in [0.4, 0.5) is 0 Å². The number of hydrogen-bond donors (Lipinski definition) is 1. The van der Waals surface area contributed by atoms with Crippen LogP contribution in [0, 0.1) is 0 Å². The van der Waals surface area contributed by atoms with E-state index in [0.717, 1.165) is 18.6 Å². The van der Waals surface area contributed by atoms with Gasteiger partial charge in [0.1, 0.15) is 0 Å². The molecule has 0 radical (unpaired) electrons. The van der Waals surface area contributed by atoms with Crippen molar-refractivity contribution in [2.24, 2.45) is 0 Å². The molecule has 1 heterocycles. The van der Waals surface area contributed by atoms with Crippen LogP contribution in [-0.2, 0) is 6.54 Å². The summed E-state index contributed by atoms with van der Waals surface area (Å²) < 4.78 is 1.54. The van der Waals surface area contributed by atoms with Gasteiger partial charge in [-0.1, -0.05) is 19.4 Å². The normalized spacial score (nSPS) is 10.4. The van der Waals surface area contributed by atoms with Crippen molar-refractivity contribution in [3.8, 4) is 0 Å². The van der Waals surface area contributed by atoms with Gasteiger partial charge in [-0.2, -0.15) is 0 Å². The van der Waals surface area contributed by atoms with Crippen molar-refractivity contribution in [2.75, 3.05) is 5.75 Å². The van der Waals surface area contributed by atoms with E-state index >= 15 is 0 Å².